The number of benzene rings is 1. The van der Waals surface area contributed by atoms with Crippen molar-refractivity contribution in [2.24, 2.45) is 0 Å². The van der Waals surface area contributed by atoms with Crippen LogP contribution in [-0.4, -0.2) is 22.0 Å². The van der Waals surface area contributed by atoms with Crippen molar-refractivity contribution in [3.63, 3.8) is 0 Å². The van der Waals surface area contributed by atoms with Crippen LogP contribution >= 0.6 is 28.1 Å². The lowest BCUT2D eigenvalue weighted by Crippen LogP contribution is -2.17. The zero-order valence-corrected chi connectivity index (χ0v) is 13.1. The molecular weight excluding hydrogens is 328 g/mol. The number of H-pyrrole nitrogens is 1. The molecule has 0 saturated carbocycles. The standard InChI is InChI=1S/C12H15BrN4OS/c1-3-11-15-16-12(19)17(11)14-7-8-4-5-10(18-2)9(13)6-8/h4-6,14H,3,7H2,1-2H3,(H,16,19). The van der Waals surface area contributed by atoms with E-state index >= 15 is 0 Å². The van der Waals surface area contributed by atoms with Crippen molar-refractivity contribution in [3.05, 3.63) is 38.8 Å². The second-order valence-electron chi connectivity index (χ2n) is 3.94. The van der Waals surface area contributed by atoms with Gasteiger partial charge in [0.25, 0.3) is 0 Å². The Morgan fingerprint density at radius 2 is 2.32 bits per heavy atom. The maximum atomic E-state index is 5.20. The van der Waals surface area contributed by atoms with Gasteiger partial charge in [0.05, 0.1) is 18.1 Å². The van der Waals surface area contributed by atoms with Crippen LogP contribution < -0.4 is 10.2 Å². The molecule has 2 aromatic rings. The smallest absolute Gasteiger partial charge is 0.214 e. The number of halogens is 1. The van der Waals surface area contributed by atoms with Crippen molar-refractivity contribution in [2.45, 2.75) is 19.9 Å². The molecule has 2 rings (SSSR count). The van der Waals surface area contributed by atoms with E-state index < -0.39 is 0 Å². The first kappa shape index (κ1) is 14.1. The monoisotopic (exact) mass is 342 g/mol. The minimum atomic E-state index is 0.574. The summed E-state index contributed by atoms with van der Waals surface area (Å²) in [6.45, 7) is 2.69. The van der Waals surface area contributed by atoms with Crippen molar-refractivity contribution in [1.82, 2.24) is 14.9 Å². The van der Waals surface area contributed by atoms with Crippen molar-refractivity contribution >= 4 is 28.1 Å². The number of ether oxygens (including phenoxy) is 1. The lowest BCUT2D eigenvalue weighted by molar-refractivity contribution is 0.412. The van der Waals surface area contributed by atoms with E-state index in [1.165, 1.54) is 0 Å². The number of aromatic amines is 1. The summed E-state index contributed by atoms with van der Waals surface area (Å²) in [5.41, 5.74) is 4.37. The van der Waals surface area contributed by atoms with Crippen LogP contribution in [-0.2, 0) is 13.0 Å². The van der Waals surface area contributed by atoms with Crippen molar-refractivity contribution < 1.29 is 4.74 Å². The fourth-order valence-electron chi connectivity index (χ4n) is 1.72. The number of nitrogens with zero attached hydrogens (tertiary/aromatic N) is 2. The highest BCUT2D eigenvalue weighted by Crippen LogP contribution is 2.25. The molecule has 0 fully saturated rings. The van der Waals surface area contributed by atoms with Crippen LogP contribution in [0.2, 0.25) is 0 Å². The summed E-state index contributed by atoms with van der Waals surface area (Å²) in [4.78, 5) is 0. The molecule has 1 aromatic heterocycles. The van der Waals surface area contributed by atoms with Crippen molar-refractivity contribution in [3.8, 4) is 5.75 Å². The molecule has 0 amide bonds. The van der Waals surface area contributed by atoms with Crippen LogP contribution in [0.5, 0.6) is 5.75 Å². The zero-order valence-electron chi connectivity index (χ0n) is 10.7. The molecule has 2 N–H and O–H groups in total. The van der Waals surface area contributed by atoms with E-state index in [1.807, 2.05) is 25.1 Å². The molecule has 0 saturated heterocycles. The van der Waals surface area contributed by atoms with Gasteiger partial charge in [-0.05, 0) is 45.8 Å². The van der Waals surface area contributed by atoms with Gasteiger partial charge in [0.2, 0.25) is 4.77 Å². The predicted molar refractivity (Wildman–Crippen MR) is 80.5 cm³/mol. The Bertz CT molecular complexity index is 622. The fraction of sp³-hybridized carbons (Fsp3) is 0.333. The lowest BCUT2D eigenvalue weighted by Gasteiger charge is -2.10. The largest absolute Gasteiger partial charge is 0.496 e. The molecular formula is C12H15BrN4OS. The molecule has 0 atom stereocenters. The number of methoxy groups -OCH3 is 1. The normalized spacial score (nSPS) is 10.5. The Hall–Kier alpha value is -1.34. The summed E-state index contributed by atoms with van der Waals surface area (Å²) in [6.07, 6.45) is 0.812. The van der Waals surface area contributed by atoms with E-state index in [-0.39, 0.29) is 0 Å². The SMILES string of the molecule is CCc1n[nH]c(=S)n1NCc1ccc(OC)c(Br)c1. The summed E-state index contributed by atoms with van der Waals surface area (Å²) in [5.74, 6) is 1.70. The van der Waals surface area contributed by atoms with Crippen LogP contribution in [0, 0.1) is 4.77 Å². The van der Waals surface area contributed by atoms with Crippen molar-refractivity contribution in [1.29, 1.82) is 0 Å². The summed E-state index contributed by atoms with van der Waals surface area (Å²) < 4.78 is 8.51. The van der Waals surface area contributed by atoms with E-state index in [4.69, 9.17) is 17.0 Å². The highest BCUT2D eigenvalue weighted by molar-refractivity contribution is 9.10. The number of nitrogens with one attached hydrogen (secondary N) is 2. The quantitative estimate of drug-likeness (QED) is 0.820. The Kier molecular flexibility index (Phi) is 4.60. The average Bonchev–Trinajstić information content (AvgIpc) is 2.77. The Morgan fingerprint density at radius 1 is 1.53 bits per heavy atom. The lowest BCUT2D eigenvalue weighted by atomic mass is 10.2. The first-order valence-corrected chi connectivity index (χ1v) is 7.08. The maximum Gasteiger partial charge on any atom is 0.214 e. The molecule has 19 heavy (non-hydrogen) atoms. The van der Waals surface area contributed by atoms with Crippen LogP contribution in [0.4, 0.5) is 0 Å². The molecule has 0 aliphatic rings. The van der Waals surface area contributed by atoms with Gasteiger partial charge in [0.15, 0.2) is 5.82 Å². The topological polar surface area (TPSA) is 54.9 Å². The van der Waals surface area contributed by atoms with E-state index in [0.717, 1.165) is 28.0 Å². The zero-order chi connectivity index (χ0) is 13.8. The average molecular weight is 343 g/mol. The van der Waals surface area contributed by atoms with E-state index in [1.54, 1.807) is 11.8 Å². The third kappa shape index (κ3) is 3.16. The van der Waals surface area contributed by atoms with Gasteiger partial charge in [0.1, 0.15) is 5.75 Å². The molecule has 0 bridgehead atoms. The van der Waals surface area contributed by atoms with Gasteiger partial charge in [-0.2, -0.15) is 5.10 Å². The summed E-state index contributed by atoms with van der Waals surface area (Å²) in [6, 6.07) is 5.95. The third-order valence-corrected chi connectivity index (χ3v) is 3.61. The molecule has 0 unspecified atom stereocenters. The van der Waals surface area contributed by atoms with E-state index in [9.17, 15) is 0 Å². The molecule has 0 spiro atoms. The number of aryl methyl sites for hydroxylation is 1. The highest BCUT2D eigenvalue weighted by atomic mass is 79.9. The molecule has 0 aliphatic carbocycles. The van der Waals surface area contributed by atoms with Gasteiger partial charge >= 0.3 is 0 Å². The van der Waals surface area contributed by atoms with Gasteiger partial charge in [0, 0.05) is 6.42 Å². The van der Waals surface area contributed by atoms with Crippen LogP contribution in [0.1, 0.15) is 18.3 Å². The Morgan fingerprint density at radius 3 is 2.95 bits per heavy atom. The summed E-state index contributed by atoms with van der Waals surface area (Å²) in [7, 11) is 1.65. The van der Waals surface area contributed by atoms with Gasteiger partial charge in [-0.3, -0.25) is 5.10 Å². The minimum absolute atomic E-state index is 0.574. The second-order valence-corrected chi connectivity index (χ2v) is 5.18. The third-order valence-electron chi connectivity index (χ3n) is 2.72. The molecule has 102 valence electrons. The second kappa shape index (κ2) is 6.21. The van der Waals surface area contributed by atoms with Crippen molar-refractivity contribution in [2.75, 3.05) is 12.5 Å². The molecule has 5 nitrogen and oxygen atoms in total. The summed E-state index contributed by atoms with van der Waals surface area (Å²) >= 11 is 8.64. The highest BCUT2D eigenvalue weighted by Gasteiger charge is 2.05. The van der Waals surface area contributed by atoms with Crippen LogP contribution in [0.15, 0.2) is 22.7 Å². The van der Waals surface area contributed by atoms with Gasteiger partial charge < -0.3 is 10.2 Å². The first-order valence-electron chi connectivity index (χ1n) is 5.88. The number of hydrogen-bond donors (Lipinski definition) is 2. The Balaban J connectivity index is 2.12. The van der Waals surface area contributed by atoms with Gasteiger partial charge in [-0.1, -0.05) is 13.0 Å². The number of rotatable bonds is 5. The van der Waals surface area contributed by atoms with Gasteiger partial charge in [-0.25, -0.2) is 4.68 Å². The van der Waals surface area contributed by atoms with E-state index in [2.05, 4.69) is 31.6 Å². The predicted octanol–water partition coefficient (Wildman–Crippen LogP) is 3.02. The minimum Gasteiger partial charge on any atom is -0.496 e. The summed E-state index contributed by atoms with van der Waals surface area (Å²) in [5, 5.41) is 6.92. The van der Waals surface area contributed by atoms with E-state index in [0.29, 0.717) is 11.3 Å². The molecule has 0 radical (unpaired) electrons. The fourth-order valence-corrected chi connectivity index (χ4v) is 2.52. The number of aromatic nitrogens is 3. The molecule has 1 heterocycles. The van der Waals surface area contributed by atoms with Gasteiger partial charge in [-0.15, -0.1) is 0 Å². The first-order chi connectivity index (χ1) is 9.15. The Labute approximate surface area is 125 Å². The number of hydrogen-bond acceptors (Lipinski definition) is 4. The van der Waals surface area contributed by atoms with Crippen LogP contribution in [0.25, 0.3) is 0 Å². The molecule has 0 aliphatic heterocycles. The van der Waals surface area contributed by atoms with Crippen LogP contribution in [0.3, 0.4) is 0 Å². The molecule has 1 aromatic carbocycles. The molecule has 7 heteroatoms. The maximum absolute atomic E-state index is 5.20.